The molecule has 1 amide bonds. The van der Waals surface area contributed by atoms with Crippen molar-refractivity contribution in [3.63, 3.8) is 0 Å². The molecular formula is C18H20ClFN2O. The third-order valence-electron chi connectivity index (χ3n) is 3.59. The number of halogens is 2. The number of rotatable bonds is 6. The maximum absolute atomic E-state index is 13.6. The smallest absolute Gasteiger partial charge is 0.237 e. The van der Waals surface area contributed by atoms with Gasteiger partial charge in [0.1, 0.15) is 5.82 Å². The van der Waals surface area contributed by atoms with Gasteiger partial charge in [-0.1, -0.05) is 49.2 Å². The van der Waals surface area contributed by atoms with Crippen molar-refractivity contribution in [2.45, 2.75) is 31.8 Å². The highest BCUT2D eigenvalue weighted by Gasteiger charge is 2.21. The summed E-state index contributed by atoms with van der Waals surface area (Å²) in [6.07, 6.45) is 1.41. The minimum absolute atomic E-state index is 0.263. The molecule has 5 heteroatoms. The zero-order chi connectivity index (χ0) is 16.8. The van der Waals surface area contributed by atoms with E-state index in [9.17, 15) is 9.18 Å². The number of hydrogen-bond donors (Lipinski definition) is 2. The van der Waals surface area contributed by atoms with Crippen LogP contribution in [0, 0.1) is 5.82 Å². The molecule has 2 aromatic rings. The van der Waals surface area contributed by atoms with Gasteiger partial charge >= 0.3 is 0 Å². The van der Waals surface area contributed by atoms with E-state index in [-0.39, 0.29) is 11.7 Å². The van der Waals surface area contributed by atoms with E-state index in [2.05, 4.69) is 5.32 Å². The molecule has 0 aliphatic heterocycles. The van der Waals surface area contributed by atoms with Gasteiger partial charge in [0.05, 0.1) is 12.1 Å². The molecule has 0 bridgehead atoms. The summed E-state index contributed by atoms with van der Waals surface area (Å²) in [7, 11) is 0. The predicted molar refractivity (Wildman–Crippen MR) is 90.7 cm³/mol. The lowest BCUT2D eigenvalue weighted by atomic mass is 9.98. The molecule has 2 unspecified atom stereocenters. The lowest BCUT2D eigenvalue weighted by Gasteiger charge is -2.22. The van der Waals surface area contributed by atoms with Crippen LogP contribution in [0.25, 0.3) is 0 Å². The Morgan fingerprint density at radius 2 is 1.87 bits per heavy atom. The highest BCUT2D eigenvalue weighted by atomic mass is 35.5. The second-order valence-corrected chi connectivity index (χ2v) is 5.88. The van der Waals surface area contributed by atoms with Crippen LogP contribution < -0.4 is 11.1 Å². The first-order chi connectivity index (χ1) is 11.0. The fourth-order valence-electron chi connectivity index (χ4n) is 2.42. The Morgan fingerprint density at radius 3 is 2.48 bits per heavy atom. The summed E-state index contributed by atoms with van der Waals surface area (Å²) in [4.78, 5) is 12.3. The zero-order valence-electron chi connectivity index (χ0n) is 12.9. The molecule has 0 spiro atoms. The molecule has 0 saturated heterocycles. The van der Waals surface area contributed by atoms with Crippen molar-refractivity contribution in [1.82, 2.24) is 5.32 Å². The molecule has 0 heterocycles. The second kappa shape index (κ2) is 8.09. The molecule has 2 atom stereocenters. The maximum atomic E-state index is 13.6. The number of hydrogen-bond acceptors (Lipinski definition) is 2. The Kier molecular flexibility index (Phi) is 6.13. The number of carbonyl (C=O) groups excluding carboxylic acids is 1. The van der Waals surface area contributed by atoms with Gasteiger partial charge < -0.3 is 11.1 Å². The van der Waals surface area contributed by atoms with Crippen molar-refractivity contribution in [2.75, 3.05) is 0 Å². The van der Waals surface area contributed by atoms with Gasteiger partial charge in [-0.15, -0.1) is 0 Å². The normalized spacial score (nSPS) is 13.4. The highest BCUT2D eigenvalue weighted by molar-refractivity contribution is 6.30. The molecule has 0 fully saturated rings. The van der Waals surface area contributed by atoms with E-state index in [4.69, 9.17) is 17.3 Å². The number of nitrogens with one attached hydrogen (secondary N) is 1. The van der Waals surface area contributed by atoms with Gasteiger partial charge in [-0.05, 0) is 41.8 Å². The Bertz CT molecular complexity index is 632. The molecule has 122 valence electrons. The molecule has 0 radical (unpaired) electrons. The van der Waals surface area contributed by atoms with Crippen molar-refractivity contribution in [3.8, 4) is 0 Å². The van der Waals surface area contributed by atoms with Crippen LogP contribution in [0.3, 0.4) is 0 Å². The van der Waals surface area contributed by atoms with Crippen LogP contribution in [0.2, 0.25) is 5.02 Å². The second-order valence-electron chi connectivity index (χ2n) is 5.45. The van der Waals surface area contributed by atoms with Crippen LogP contribution in [-0.4, -0.2) is 11.9 Å². The summed E-state index contributed by atoms with van der Waals surface area (Å²) in [5.41, 5.74) is 7.30. The molecule has 23 heavy (non-hydrogen) atoms. The van der Waals surface area contributed by atoms with E-state index in [0.29, 0.717) is 17.0 Å². The van der Waals surface area contributed by atoms with Crippen LogP contribution in [0.15, 0.2) is 48.5 Å². The fourth-order valence-corrected chi connectivity index (χ4v) is 2.62. The van der Waals surface area contributed by atoms with Crippen LogP contribution >= 0.6 is 11.6 Å². The van der Waals surface area contributed by atoms with Gasteiger partial charge in [-0.25, -0.2) is 4.39 Å². The SMILES string of the molecule is CCCC(N)C(=O)NC(c1cccc(F)c1)c1cccc(Cl)c1. The van der Waals surface area contributed by atoms with Crippen molar-refractivity contribution in [1.29, 1.82) is 0 Å². The van der Waals surface area contributed by atoms with E-state index in [1.807, 2.05) is 13.0 Å². The Balaban J connectivity index is 2.34. The molecule has 2 rings (SSSR count). The number of carbonyl (C=O) groups is 1. The third kappa shape index (κ3) is 4.78. The standard InChI is InChI=1S/C18H20ClFN2O/c1-2-5-16(21)18(23)22-17(12-6-3-8-14(19)10-12)13-7-4-9-15(20)11-13/h3-4,6-11,16-17H,2,5,21H2,1H3,(H,22,23). The Labute approximate surface area is 140 Å². The van der Waals surface area contributed by atoms with Crippen molar-refractivity contribution in [3.05, 3.63) is 70.5 Å². The van der Waals surface area contributed by atoms with Crippen LogP contribution in [0.1, 0.15) is 36.9 Å². The number of nitrogens with two attached hydrogens (primary N) is 1. The minimum Gasteiger partial charge on any atom is -0.344 e. The van der Waals surface area contributed by atoms with Crippen LogP contribution in [0.5, 0.6) is 0 Å². The fraction of sp³-hybridized carbons (Fsp3) is 0.278. The van der Waals surface area contributed by atoms with Crippen molar-refractivity contribution >= 4 is 17.5 Å². The molecule has 2 aromatic carbocycles. The zero-order valence-corrected chi connectivity index (χ0v) is 13.7. The summed E-state index contributed by atoms with van der Waals surface area (Å²) in [6, 6.07) is 12.2. The highest BCUT2D eigenvalue weighted by Crippen LogP contribution is 2.25. The van der Waals surface area contributed by atoms with Gasteiger partial charge in [-0.2, -0.15) is 0 Å². The topological polar surface area (TPSA) is 55.1 Å². The predicted octanol–water partition coefficient (Wildman–Crippen LogP) is 3.81. The summed E-state index contributed by atoms with van der Waals surface area (Å²) < 4.78 is 13.6. The van der Waals surface area contributed by atoms with Crippen molar-refractivity contribution < 1.29 is 9.18 Å². The molecule has 0 aliphatic carbocycles. The van der Waals surface area contributed by atoms with Gasteiger partial charge in [0.2, 0.25) is 5.91 Å². The van der Waals surface area contributed by atoms with E-state index in [0.717, 1.165) is 12.0 Å². The average molecular weight is 335 g/mol. The van der Waals surface area contributed by atoms with Crippen LogP contribution in [0.4, 0.5) is 4.39 Å². The Hall–Kier alpha value is -1.91. The van der Waals surface area contributed by atoms with Gasteiger partial charge in [0.25, 0.3) is 0 Å². The van der Waals surface area contributed by atoms with E-state index < -0.39 is 12.1 Å². The number of amides is 1. The lowest BCUT2D eigenvalue weighted by molar-refractivity contribution is -0.123. The molecule has 0 saturated carbocycles. The number of benzene rings is 2. The quantitative estimate of drug-likeness (QED) is 0.844. The third-order valence-corrected chi connectivity index (χ3v) is 3.82. The summed E-state index contributed by atoms with van der Waals surface area (Å²) in [5.74, 6) is -0.622. The monoisotopic (exact) mass is 334 g/mol. The van der Waals surface area contributed by atoms with Gasteiger partial charge in [0, 0.05) is 5.02 Å². The summed E-state index contributed by atoms with van der Waals surface area (Å²) in [5, 5.41) is 3.45. The molecule has 0 aliphatic rings. The molecular weight excluding hydrogens is 315 g/mol. The minimum atomic E-state index is -0.588. The lowest BCUT2D eigenvalue weighted by Crippen LogP contribution is -2.42. The maximum Gasteiger partial charge on any atom is 0.237 e. The van der Waals surface area contributed by atoms with E-state index in [1.54, 1.807) is 30.3 Å². The van der Waals surface area contributed by atoms with Crippen LogP contribution in [-0.2, 0) is 4.79 Å². The largest absolute Gasteiger partial charge is 0.344 e. The summed E-state index contributed by atoms with van der Waals surface area (Å²) in [6.45, 7) is 1.97. The van der Waals surface area contributed by atoms with E-state index in [1.165, 1.54) is 12.1 Å². The first kappa shape index (κ1) is 17.4. The van der Waals surface area contributed by atoms with Crippen molar-refractivity contribution in [2.24, 2.45) is 5.73 Å². The average Bonchev–Trinajstić information content (AvgIpc) is 2.52. The first-order valence-corrected chi connectivity index (χ1v) is 7.96. The summed E-state index contributed by atoms with van der Waals surface area (Å²) >= 11 is 6.05. The molecule has 3 N–H and O–H groups in total. The molecule has 0 aromatic heterocycles. The van der Waals surface area contributed by atoms with E-state index >= 15 is 0 Å². The Morgan fingerprint density at radius 1 is 1.22 bits per heavy atom. The first-order valence-electron chi connectivity index (χ1n) is 7.58. The van der Waals surface area contributed by atoms with Gasteiger partial charge in [-0.3, -0.25) is 4.79 Å². The molecule has 3 nitrogen and oxygen atoms in total. The van der Waals surface area contributed by atoms with Gasteiger partial charge in [0.15, 0.2) is 0 Å².